The number of carbonyl (C=O) groups is 1. The van der Waals surface area contributed by atoms with Crippen LogP contribution in [0.1, 0.15) is 5.56 Å². The highest BCUT2D eigenvalue weighted by Gasteiger charge is 2.16. The number of hydrogen-bond acceptors (Lipinski definition) is 3. The monoisotopic (exact) mass is 265 g/mol. The van der Waals surface area contributed by atoms with E-state index < -0.39 is 0 Å². The number of benzene rings is 1. The van der Waals surface area contributed by atoms with Crippen LogP contribution in [0.4, 0.5) is 4.39 Å². The van der Waals surface area contributed by atoms with Crippen molar-refractivity contribution in [3.05, 3.63) is 35.6 Å². The second-order valence-electron chi connectivity index (χ2n) is 4.98. The fraction of sp³-hybridized carbons (Fsp3) is 0.500. The van der Waals surface area contributed by atoms with Crippen molar-refractivity contribution in [2.24, 2.45) is 0 Å². The van der Waals surface area contributed by atoms with Crippen LogP contribution in [0.3, 0.4) is 0 Å². The number of halogens is 1. The lowest BCUT2D eigenvalue weighted by atomic mass is 10.2. The van der Waals surface area contributed by atoms with E-state index in [0.717, 1.165) is 31.7 Å². The predicted octanol–water partition coefficient (Wildman–Crippen LogP) is 0.689. The van der Waals surface area contributed by atoms with E-state index in [0.29, 0.717) is 13.1 Å². The van der Waals surface area contributed by atoms with E-state index in [2.05, 4.69) is 22.2 Å². The molecule has 2 rings (SSSR count). The summed E-state index contributed by atoms with van der Waals surface area (Å²) in [5, 5.41) is 2.86. The molecule has 4 nitrogen and oxygen atoms in total. The highest BCUT2D eigenvalue weighted by atomic mass is 19.1. The average Bonchev–Trinajstić information content (AvgIpc) is 2.41. The molecular weight excluding hydrogens is 245 g/mol. The molecule has 0 saturated carbocycles. The normalized spacial score (nSPS) is 17.4. The number of nitrogens with zero attached hydrogens (tertiary/aromatic N) is 2. The zero-order chi connectivity index (χ0) is 13.7. The summed E-state index contributed by atoms with van der Waals surface area (Å²) in [7, 11) is 2.09. The van der Waals surface area contributed by atoms with E-state index >= 15 is 0 Å². The predicted molar refractivity (Wildman–Crippen MR) is 72.2 cm³/mol. The second kappa shape index (κ2) is 6.63. The van der Waals surface area contributed by atoms with Gasteiger partial charge >= 0.3 is 0 Å². The van der Waals surface area contributed by atoms with Crippen molar-refractivity contribution in [3.63, 3.8) is 0 Å². The number of likely N-dealkylation sites (N-methyl/N-ethyl adjacent to an activating group) is 1. The van der Waals surface area contributed by atoms with Gasteiger partial charge in [0.05, 0.1) is 6.54 Å². The van der Waals surface area contributed by atoms with Crippen LogP contribution in [0.25, 0.3) is 0 Å². The van der Waals surface area contributed by atoms with Crippen molar-refractivity contribution in [2.45, 2.75) is 6.54 Å². The SMILES string of the molecule is CN1CCN(CC(=O)NCc2ccc(F)cc2)CC1. The van der Waals surface area contributed by atoms with Gasteiger partial charge in [-0.25, -0.2) is 4.39 Å². The third kappa shape index (κ3) is 4.61. The van der Waals surface area contributed by atoms with Crippen LogP contribution in [0.2, 0.25) is 0 Å². The minimum Gasteiger partial charge on any atom is -0.351 e. The number of rotatable bonds is 4. The van der Waals surface area contributed by atoms with Crippen molar-refractivity contribution in [1.82, 2.24) is 15.1 Å². The fourth-order valence-corrected chi connectivity index (χ4v) is 2.07. The number of piperazine rings is 1. The highest BCUT2D eigenvalue weighted by molar-refractivity contribution is 5.78. The first kappa shape index (κ1) is 14.0. The standard InChI is InChI=1S/C14H20FN3O/c1-17-6-8-18(9-7-17)11-14(19)16-10-12-2-4-13(15)5-3-12/h2-5H,6-11H2,1H3,(H,16,19). The van der Waals surface area contributed by atoms with Crippen LogP contribution >= 0.6 is 0 Å². The molecule has 19 heavy (non-hydrogen) atoms. The minimum absolute atomic E-state index is 0.0221. The number of carbonyl (C=O) groups excluding carboxylic acids is 1. The summed E-state index contributed by atoms with van der Waals surface area (Å²) < 4.78 is 12.7. The molecule has 0 bridgehead atoms. The third-order valence-electron chi connectivity index (χ3n) is 3.37. The lowest BCUT2D eigenvalue weighted by Crippen LogP contribution is -2.48. The van der Waals surface area contributed by atoms with Crippen LogP contribution in [0.15, 0.2) is 24.3 Å². The van der Waals surface area contributed by atoms with Crippen LogP contribution in [-0.4, -0.2) is 55.5 Å². The van der Waals surface area contributed by atoms with Crippen molar-refractivity contribution >= 4 is 5.91 Å². The Morgan fingerprint density at radius 1 is 1.21 bits per heavy atom. The maximum Gasteiger partial charge on any atom is 0.234 e. The van der Waals surface area contributed by atoms with Gasteiger partial charge < -0.3 is 10.2 Å². The molecule has 1 fully saturated rings. The lowest BCUT2D eigenvalue weighted by molar-refractivity contribution is -0.122. The molecule has 0 spiro atoms. The molecule has 104 valence electrons. The first-order chi connectivity index (χ1) is 9.13. The van der Waals surface area contributed by atoms with Gasteiger partial charge in [0.2, 0.25) is 5.91 Å². The molecule has 0 radical (unpaired) electrons. The van der Waals surface area contributed by atoms with Gasteiger partial charge in [0, 0.05) is 32.7 Å². The van der Waals surface area contributed by atoms with Gasteiger partial charge in [-0.3, -0.25) is 9.69 Å². The fourth-order valence-electron chi connectivity index (χ4n) is 2.07. The van der Waals surface area contributed by atoms with Gasteiger partial charge in [-0.15, -0.1) is 0 Å². The van der Waals surface area contributed by atoms with E-state index in [9.17, 15) is 9.18 Å². The summed E-state index contributed by atoms with van der Waals surface area (Å²) in [5.74, 6) is -0.235. The third-order valence-corrected chi connectivity index (χ3v) is 3.37. The summed E-state index contributed by atoms with van der Waals surface area (Å²) in [6.07, 6.45) is 0. The van der Waals surface area contributed by atoms with E-state index in [4.69, 9.17) is 0 Å². The smallest absolute Gasteiger partial charge is 0.234 e. The summed E-state index contributed by atoms with van der Waals surface area (Å²) >= 11 is 0. The van der Waals surface area contributed by atoms with Gasteiger partial charge in [-0.05, 0) is 24.7 Å². The maximum atomic E-state index is 12.7. The summed E-state index contributed by atoms with van der Waals surface area (Å²) in [5.41, 5.74) is 0.910. The summed E-state index contributed by atoms with van der Waals surface area (Å²) in [6, 6.07) is 6.18. The van der Waals surface area contributed by atoms with Crippen molar-refractivity contribution in [1.29, 1.82) is 0 Å². The Morgan fingerprint density at radius 3 is 2.47 bits per heavy atom. The molecule has 0 atom stereocenters. The van der Waals surface area contributed by atoms with E-state index in [1.807, 2.05) is 0 Å². The maximum absolute atomic E-state index is 12.7. The van der Waals surface area contributed by atoms with E-state index in [1.165, 1.54) is 12.1 Å². The largest absolute Gasteiger partial charge is 0.351 e. The zero-order valence-corrected chi connectivity index (χ0v) is 11.2. The number of hydrogen-bond donors (Lipinski definition) is 1. The van der Waals surface area contributed by atoms with Crippen LogP contribution < -0.4 is 5.32 Å². The molecular formula is C14H20FN3O. The lowest BCUT2D eigenvalue weighted by Gasteiger charge is -2.31. The van der Waals surface area contributed by atoms with E-state index in [1.54, 1.807) is 12.1 Å². The Morgan fingerprint density at radius 2 is 1.84 bits per heavy atom. The molecule has 1 saturated heterocycles. The van der Waals surface area contributed by atoms with Gasteiger partial charge in [0.25, 0.3) is 0 Å². The van der Waals surface area contributed by atoms with E-state index in [-0.39, 0.29) is 11.7 Å². The van der Waals surface area contributed by atoms with Gasteiger partial charge in [-0.2, -0.15) is 0 Å². The highest BCUT2D eigenvalue weighted by Crippen LogP contribution is 2.02. The Labute approximate surface area is 113 Å². The van der Waals surface area contributed by atoms with Crippen LogP contribution in [-0.2, 0) is 11.3 Å². The minimum atomic E-state index is -0.257. The Bertz CT molecular complexity index is 413. The van der Waals surface area contributed by atoms with Crippen LogP contribution in [0, 0.1) is 5.82 Å². The Kier molecular flexibility index (Phi) is 4.87. The number of amides is 1. The second-order valence-corrected chi connectivity index (χ2v) is 4.98. The van der Waals surface area contributed by atoms with Crippen LogP contribution in [0.5, 0.6) is 0 Å². The first-order valence-corrected chi connectivity index (χ1v) is 6.55. The van der Waals surface area contributed by atoms with Crippen molar-refractivity contribution in [3.8, 4) is 0 Å². The molecule has 1 aliphatic heterocycles. The summed E-state index contributed by atoms with van der Waals surface area (Å²) in [6.45, 7) is 4.76. The number of nitrogens with one attached hydrogen (secondary N) is 1. The molecule has 1 aromatic rings. The van der Waals surface area contributed by atoms with Gasteiger partial charge in [-0.1, -0.05) is 12.1 Å². The zero-order valence-electron chi connectivity index (χ0n) is 11.2. The Balaban J connectivity index is 1.71. The molecule has 0 aliphatic carbocycles. The molecule has 1 amide bonds. The Hall–Kier alpha value is -1.46. The molecule has 1 aromatic carbocycles. The molecule has 5 heteroatoms. The summed E-state index contributed by atoms with van der Waals surface area (Å²) in [4.78, 5) is 16.2. The molecule has 1 heterocycles. The molecule has 1 N–H and O–H groups in total. The van der Waals surface area contributed by atoms with Crippen molar-refractivity contribution < 1.29 is 9.18 Å². The van der Waals surface area contributed by atoms with Gasteiger partial charge in [0.15, 0.2) is 0 Å². The topological polar surface area (TPSA) is 35.6 Å². The quantitative estimate of drug-likeness (QED) is 0.870. The molecule has 0 unspecified atom stereocenters. The average molecular weight is 265 g/mol. The first-order valence-electron chi connectivity index (χ1n) is 6.55. The van der Waals surface area contributed by atoms with Gasteiger partial charge in [0.1, 0.15) is 5.82 Å². The molecule has 1 aliphatic rings. The van der Waals surface area contributed by atoms with Crippen molar-refractivity contribution in [2.75, 3.05) is 39.8 Å². The molecule has 0 aromatic heterocycles.